The minimum absolute atomic E-state index is 0.0301. The average molecular weight is 523 g/mol. The molecular weight excluding hydrogens is 484 g/mol. The standard InChI is InChI=1S/C29H38N4O5/c1-19(34)30-16-20-9-11-24-23(14-20)27(35)32(17-21-10-12-25(37-5)26(15-21)38-6)28(36)33(24)22-8-7-13-31(18-22)29(2,3)4/h9-12,14-15,22H,7-8,13,16-18H2,1-6H3,(H,30,34). The Labute approximate surface area is 223 Å². The van der Waals surface area contributed by atoms with Crippen LogP contribution in [0.25, 0.3) is 10.9 Å². The van der Waals surface area contributed by atoms with Gasteiger partial charge in [0.15, 0.2) is 11.5 Å². The number of nitrogens with one attached hydrogen (secondary N) is 1. The van der Waals surface area contributed by atoms with Crippen molar-refractivity contribution in [1.29, 1.82) is 0 Å². The molecule has 1 amide bonds. The van der Waals surface area contributed by atoms with Crippen molar-refractivity contribution in [2.24, 2.45) is 0 Å². The van der Waals surface area contributed by atoms with Crippen LogP contribution in [0.4, 0.5) is 0 Å². The van der Waals surface area contributed by atoms with Crippen molar-refractivity contribution in [1.82, 2.24) is 19.4 Å². The second kappa shape index (κ2) is 11.0. The van der Waals surface area contributed by atoms with Gasteiger partial charge in [0.2, 0.25) is 5.91 Å². The van der Waals surface area contributed by atoms with E-state index < -0.39 is 0 Å². The van der Waals surface area contributed by atoms with E-state index in [1.54, 1.807) is 37.0 Å². The Morgan fingerprint density at radius 1 is 1.03 bits per heavy atom. The Hall–Kier alpha value is -3.59. The summed E-state index contributed by atoms with van der Waals surface area (Å²) in [5.74, 6) is 0.960. The highest BCUT2D eigenvalue weighted by molar-refractivity contribution is 5.79. The average Bonchev–Trinajstić information content (AvgIpc) is 2.89. The van der Waals surface area contributed by atoms with Gasteiger partial charge in [-0.2, -0.15) is 0 Å². The fraction of sp³-hybridized carbons (Fsp3) is 0.483. The summed E-state index contributed by atoms with van der Waals surface area (Å²) < 4.78 is 13.9. The van der Waals surface area contributed by atoms with Gasteiger partial charge in [0.1, 0.15) is 0 Å². The van der Waals surface area contributed by atoms with E-state index in [9.17, 15) is 14.4 Å². The number of fused-ring (bicyclic) bond motifs is 1. The first-order valence-corrected chi connectivity index (χ1v) is 13.0. The van der Waals surface area contributed by atoms with Gasteiger partial charge in [-0.25, -0.2) is 4.79 Å². The van der Waals surface area contributed by atoms with Gasteiger partial charge in [0, 0.05) is 25.6 Å². The highest BCUT2D eigenvalue weighted by atomic mass is 16.5. The maximum atomic E-state index is 14.0. The van der Waals surface area contributed by atoms with Gasteiger partial charge < -0.3 is 14.8 Å². The number of hydrogen-bond donors (Lipinski definition) is 1. The number of likely N-dealkylation sites (tertiary alicyclic amines) is 1. The van der Waals surface area contributed by atoms with Crippen molar-refractivity contribution in [3.63, 3.8) is 0 Å². The second-order valence-corrected chi connectivity index (χ2v) is 10.9. The highest BCUT2D eigenvalue weighted by Crippen LogP contribution is 2.29. The summed E-state index contributed by atoms with van der Waals surface area (Å²) in [7, 11) is 3.12. The molecule has 1 aliphatic rings. The first-order chi connectivity index (χ1) is 18.0. The minimum Gasteiger partial charge on any atom is -0.493 e. The molecule has 1 N–H and O–H groups in total. The number of aromatic nitrogens is 2. The lowest BCUT2D eigenvalue weighted by molar-refractivity contribution is -0.119. The Kier molecular flexibility index (Phi) is 7.97. The Morgan fingerprint density at radius 3 is 2.39 bits per heavy atom. The molecule has 1 aliphatic heterocycles. The monoisotopic (exact) mass is 522 g/mol. The summed E-state index contributed by atoms with van der Waals surface area (Å²) in [4.78, 5) is 41.7. The van der Waals surface area contributed by atoms with Crippen molar-refractivity contribution >= 4 is 16.8 Å². The number of hydrogen-bond acceptors (Lipinski definition) is 6. The van der Waals surface area contributed by atoms with Crippen molar-refractivity contribution in [2.45, 2.75) is 65.2 Å². The predicted octanol–water partition coefficient (Wildman–Crippen LogP) is 3.30. The molecule has 9 heteroatoms. The molecule has 1 saturated heterocycles. The summed E-state index contributed by atoms with van der Waals surface area (Å²) in [6.07, 6.45) is 1.81. The number of nitrogens with zero attached hydrogens (tertiary/aromatic N) is 3. The fourth-order valence-corrected chi connectivity index (χ4v) is 5.20. The van der Waals surface area contributed by atoms with Crippen LogP contribution in [0.2, 0.25) is 0 Å². The number of rotatable bonds is 7. The Morgan fingerprint density at radius 2 is 1.74 bits per heavy atom. The quantitative estimate of drug-likeness (QED) is 0.512. The van der Waals surface area contributed by atoms with Crippen LogP contribution < -0.4 is 26.0 Å². The number of carbonyl (C=O) groups is 1. The van der Waals surface area contributed by atoms with Gasteiger partial charge >= 0.3 is 5.69 Å². The third kappa shape index (κ3) is 5.62. The first-order valence-electron chi connectivity index (χ1n) is 13.0. The van der Waals surface area contributed by atoms with Crippen LogP contribution in [-0.2, 0) is 17.9 Å². The number of ether oxygens (including phenoxy) is 2. The summed E-state index contributed by atoms with van der Waals surface area (Å²) >= 11 is 0. The molecule has 1 unspecified atom stereocenters. The van der Waals surface area contributed by atoms with Gasteiger partial charge in [-0.1, -0.05) is 12.1 Å². The lowest BCUT2D eigenvalue weighted by Gasteiger charge is -2.42. The van der Waals surface area contributed by atoms with E-state index in [4.69, 9.17) is 9.47 Å². The molecule has 38 heavy (non-hydrogen) atoms. The summed E-state index contributed by atoms with van der Waals surface area (Å²) in [6.45, 7) is 10.1. The van der Waals surface area contributed by atoms with E-state index in [2.05, 4.69) is 31.0 Å². The lowest BCUT2D eigenvalue weighted by Crippen LogP contribution is -2.50. The minimum atomic E-state index is -0.357. The molecule has 0 radical (unpaired) electrons. The van der Waals surface area contributed by atoms with Crippen LogP contribution in [0.5, 0.6) is 11.5 Å². The second-order valence-electron chi connectivity index (χ2n) is 10.9. The molecule has 0 bridgehead atoms. The molecule has 4 rings (SSSR count). The van der Waals surface area contributed by atoms with Gasteiger partial charge in [-0.3, -0.25) is 23.6 Å². The number of benzene rings is 2. The van der Waals surface area contributed by atoms with Gasteiger partial charge in [0.05, 0.1) is 37.7 Å². The molecule has 1 fully saturated rings. The Bertz CT molecular complexity index is 1450. The largest absolute Gasteiger partial charge is 0.493 e. The molecule has 2 heterocycles. The maximum absolute atomic E-state index is 14.0. The van der Waals surface area contributed by atoms with E-state index in [0.29, 0.717) is 28.9 Å². The van der Waals surface area contributed by atoms with E-state index in [0.717, 1.165) is 37.1 Å². The van der Waals surface area contributed by atoms with Gasteiger partial charge in [-0.05, 0) is 75.5 Å². The number of carbonyl (C=O) groups excluding carboxylic acids is 1. The molecule has 1 atom stereocenters. The molecule has 204 valence electrons. The molecular formula is C29H38N4O5. The summed E-state index contributed by atoms with van der Waals surface area (Å²) in [6, 6.07) is 10.8. The van der Waals surface area contributed by atoms with Crippen LogP contribution >= 0.6 is 0 Å². The topological polar surface area (TPSA) is 94.8 Å². The summed E-state index contributed by atoms with van der Waals surface area (Å²) in [5, 5.41) is 3.25. The molecule has 0 aliphatic carbocycles. The smallest absolute Gasteiger partial charge is 0.332 e. The fourth-order valence-electron chi connectivity index (χ4n) is 5.20. The van der Waals surface area contributed by atoms with Crippen LogP contribution in [0.1, 0.15) is 57.7 Å². The third-order valence-electron chi connectivity index (χ3n) is 7.27. The number of amides is 1. The number of piperidine rings is 1. The molecule has 0 spiro atoms. The van der Waals surface area contributed by atoms with Gasteiger partial charge in [-0.15, -0.1) is 0 Å². The van der Waals surface area contributed by atoms with E-state index in [1.807, 2.05) is 18.2 Å². The first kappa shape index (κ1) is 27.4. The van der Waals surface area contributed by atoms with E-state index in [-0.39, 0.29) is 35.3 Å². The van der Waals surface area contributed by atoms with Crippen LogP contribution in [0.15, 0.2) is 46.0 Å². The third-order valence-corrected chi connectivity index (χ3v) is 7.27. The number of methoxy groups -OCH3 is 2. The predicted molar refractivity (Wildman–Crippen MR) is 148 cm³/mol. The molecule has 1 aromatic heterocycles. The normalized spacial score (nSPS) is 16.4. The highest BCUT2D eigenvalue weighted by Gasteiger charge is 2.30. The summed E-state index contributed by atoms with van der Waals surface area (Å²) in [5.41, 5.74) is 1.46. The molecule has 9 nitrogen and oxygen atoms in total. The van der Waals surface area contributed by atoms with Crippen LogP contribution in [0.3, 0.4) is 0 Å². The van der Waals surface area contributed by atoms with Crippen LogP contribution in [-0.4, -0.2) is 52.8 Å². The van der Waals surface area contributed by atoms with Crippen LogP contribution in [0, 0.1) is 0 Å². The SMILES string of the molecule is COc1ccc(Cn2c(=O)c3cc(CNC(C)=O)ccc3n(C3CCCN(C(C)(C)C)C3)c2=O)cc1OC. The zero-order valence-electron chi connectivity index (χ0n) is 23.2. The van der Waals surface area contributed by atoms with Gasteiger partial charge in [0.25, 0.3) is 5.56 Å². The van der Waals surface area contributed by atoms with Crippen molar-refractivity contribution in [2.75, 3.05) is 27.3 Å². The lowest BCUT2D eigenvalue weighted by atomic mass is 9.97. The molecule has 3 aromatic rings. The van der Waals surface area contributed by atoms with Crippen molar-refractivity contribution < 1.29 is 14.3 Å². The zero-order valence-corrected chi connectivity index (χ0v) is 23.2. The maximum Gasteiger partial charge on any atom is 0.332 e. The van der Waals surface area contributed by atoms with Crippen molar-refractivity contribution in [3.8, 4) is 11.5 Å². The molecule has 2 aromatic carbocycles. The molecule has 0 saturated carbocycles. The Balaban J connectivity index is 1.88. The van der Waals surface area contributed by atoms with E-state index >= 15 is 0 Å². The van der Waals surface area contributed by atoms with Crippen molar-refractivity contribution in [3.05, 3.63) is 68.4 Å². The van der Waals surface area contributed by atoms with E-state index in [1.165, 1.54) is 11.5 Å². The zero-order chi connectivity index (χ0) is 27.6.